The maximum Gasteiger partial charge on any atom is 0.337 e. The van der Waals surface area contributed by atoms with Crippen LogP contribution in [0.5, 0.6) is 0 Å². The van der Waals surface area contributed by atoms with Crippen LogP contribution >= 0.6 is 11.6 Å². The van der Waals surface area contributed by atoms with Crippen LogP contribution in [0.2, 0.25) is 5.02 Å². The predicted octanol–water partition coefficient (Wildman–Crippen LogP) is 1.42. The van der Waals surface area contributed by atoms with Crippen molar-refractivity contribution in [2.45, 2.75) is 18.9 Å². The van der Waals surface area contributed by atoms with Crippen LogP contribution in [0.4, 0.5) is 5.82 Å². The third-order valence-corrected chi connectivity index (χ3v) is 5.00. The average molecular weight is 305 g/mol. The number of hydrogen-bond donors (Lipinski definition) is 2. The van der Waals surface area contributed by atoms with E-state index in [0.29, 0.717) is 12.2 Å². The van der Waals surface area contributed by atoms with Crippen molar-refractivity contribution in [2.75, 3.05) is 16.8 Å². The van der Waals surface area contributed by atoms with Crippen LogP contribution in [0, 0.1) is 0 Å². The zero-order valence-electron chi connectivity index (χ0n) is 9.97. The van der Waals surface area contributed by atoms with Crippen molar-refractivity contribution in [1.29, 1.82) is 0 Å². The molecule has 6 nitrogen and oxygen atoms in total. The highest BCUT2D eigenvalue weighted by molar-refractivity contribution is 7.91. The summed E-state index contributed by atoms with van der Waals surface area (Å²) in [4.78, 5) is 14.7. The van der Waals surface area contributed by atoms with Gasteiger partial charge in [0.05, 0.1) is 22.1 Å². The summed E-state index contributed by atoms with van der Waals surface area (Å²) in [7, 11) is -3.01. The minimum atomic E-state index is -3.01. The van der Waals surface area contributed by atoms with Crippen LogP contribution in [-0.2, 0) is 9.84 Å². The Morgan fingerprint density at radius 2 is 2.26 bits per heavy atom. The van der Waals surface area contributed by atoms with Crippen LogP contribution in [0.25, 0.3) is 0 Å². The number of aromatic carboxylic acids is 1. The molecule has 1 aromatic heterocycles. The summed E-state index contributed by atoms with van der Waals surface area (Å²) in [5.41, 5.74) is -0.00758. The summed E-state index contributed by atoms with van der Waals surface area (Å²) in [5.74, 6) is -0.536. The maximum absolute atomic E-state index is 11.5. The second kappa shape index (κ2) is 5.34. The zero-order chi connectivity index (χ0) is 14.0. The number of nitrogens with zero attached hydrogens (tertiary/aromatic N) is 1. The number of carboxylic acid groups (broad SMARTS) is 1. The SMILES string of the molecule is O=C(O)c1cnc(NC2CCCS(=O)(=O)C2)c(Cl)c1. The molecule has 0 amide bonds. The molecule has 1 atom stereocenters. The van der Waals surface area contributed by atoms with E-state index in [-0.39, 0.29) is 28.1 Å². The molecule has 0 aromatic carbocycles. The highest BCUT2D eigenvalue weighted by atomic mass is 35.5. The summed E-state index contributed by atoms with van der Waals surface area (Å²) in [6, 6.07) is 1.05. The number of carbonyl (C=O) groups is 1. The molecule has 2 rings (SSSR count). The number of nitrogens with one attached hydrogen (secondary N) is 1. The number of aromatic nitrogens is 1. The monoisotopic (exact) mass is 304 g/mol. The Kier molecular flexibility index (Phi) is 3.96. The van der Waals surface area contributed by atoms with Crippen molar-refractivity contribution in [3.63, 3.8) is 0 Å². The van der Waals surface area contributed by atoms with Crippen molar-refractivity contribution in [1.82, 2.24) is 4.98 Å². The van der Waals surface area contributed by atoms with Crippen LogP contribution in [-0.4, -0.2) is 42.0 Å². The fraction of sp³-hybridized carbons (Fsp3) is 0.455. The van der Waals surface area contributed by atoms with Gasteiger partial charge in [0, 0.05) is 12.2 Å². The van der Waals surface area contributed by atoms with Crippen molar-refractivity contribution in [2.24, 2.45) is 0 Å². The lowest BCUT2D eigenvalue weighted by Crippen LogP contribution is -2.35. The Balaban J connectivity index is 2.13. The van der Waals surface area contributed by atoms with E-state index in [9.17, 15) is 13.2 Å². The second-order valence-corrected chi connectivity index (χ2v) is 7.09. The molecule has 1 unspecified atom stereocenters. The van der Waals surface area contributed by atoms with Gasteiger partial charge in [-0.15, -0.1) is 0 Å². The molecular weight excluding hydrogens is 292 g/mol. The normalized spacial score (nSPS) is 21.8. The standard InChI is InChI=1S/C11H13ClN2O4S/c12-9-4-7(11(15)16)5-13-10(9)14-8-2-1-3-19(17,18)6-8/h4-5,8H,1-3,6H2,(H,13,14)(H,15,16). The van der Waals surface area contributed by atoms with E-state index in [0.717, 1.165) is 6.42 Å². The number of sulfone groups is 1. The maximum atomic E-state index is 11.5. The van der Waals surface area contributed by atoms with E-state index in [1.54, 1.807) is 0 Å². The first kappa shape index (κ1) is 14.1. The molecular formula is C11H13ClN2O4S. The molecule has 8 heteroatoms. The van der Waals surface area contributed by atoms with Gasteiger partial charge < -0.3 is 10.4 Å². The molecule has 1 aliphatic rings. The lowest BCUT2D eigenvalue weighted by molar-refractivity contribution is 0.0696. The quantitative estimate of drug-likeness (QED) is 0.876. The fourth-order valence-corrected chi connectivity index (χ4v) is 3.85. The topological polar surface area (TPSA) is 96.4 Å². The Morgan fingerprint density at radius 1 is 1.53 bits per heavy atom. The summed E-state index contributed by atoms with van der Waals surface area (Å²) in [5, 5.41) is 11.9. The Hall–Kier alpha value is -1.34. The molecule has 104 valence electrons. The van der Waals surface area contributed by atoms with Crippen LogP contribution < -0.4 is 5.32 Å². The minimum Gasteiger partial charge on any atom is -0.478 e. The lowest BCUT2D eigenvalue weighted by atomic mass is 10.2. The van der Waals surface area contributed by atoms with Crippen molar-refractivity contribution in [3.8, 4) is 0 Å². The second-order valence-electron chi connectivity index (χ2n) is 4.46. The number of carboxylic acids is 1. The summed E-state index contributed by atoms with van der Waals surface area (Å²) >= 11 is 5.93. The van der Waals surface area contributed by atoms with Gasteiger partial charge in [0.15, 0.2) is 9.84 Å². The van der Waals surface area contributed by atoms with E-state index >= 15 is 0 Å². The van der Waals surface area contributed by atoms with Gasteiger partial charge >= 0.3 is 5.97 Å². The molecule has 19 heavy (non-hydrogen) atoms. The molecule has 0 saturated carbocycles. The molecule has 1 aliphatic heterocycles. The Labute approximate surface area is 115 Å². The van der Waals surface area contributed by atoms with Crippen molar-refractivity contribution in [3.05, 3.63) is 22.8 Å². The molecule has 2 heterocycles. The molecule has 0 radical (unpaired) electrons. The van der Waals surface area contributed by atoms with Gasteiger partial charge in [-0.1, -0.05) is 11.6 Å². The lowest BCUT2D eigenvalue weighted by Gasteiger charge is -2.23. The minimum absolute atomic E-state index is 0.00758. The van der Waals surface area contributed by atoms with Crippen LogP contribution in [0.1, 0.15) is 23.2 Å². The van der Waals surface area contributed by atoms with Gasteiger partial charge in [-0.2, -0.15) is 0 Å². The first-order chi connectivity index (χ1) is 8.87. The number of hydrogen-bond acceptors (Lipinski definition) is 5. The van der Waals surface area contributed by atoms with Gasteiger partial charge in [-0.25, -0.2) is 18.2 Å². The molecule has 1 aromatic rings. The van der Waals surface area contributed by atoms with Crippen molar-refractivity contribution >= 4 is 33.2 Å². The van der Waals surface area contributed by atoms with Gasteiger partial charge in [0.25, 0.3) is 0 Å². The van der Waals surface area contributed by atoms with Crippen LogP contribution in [0.3, 0.4) is 0 Å². The first-order valence-corrected chi connectivity index (χ1v) is 7.93. The first-order valence-electron chi connectivity index (χ1n) is 5.73. The van der Waals surface area contributed by atoms with Crippen molar-refractivity contribution < 1.29 is 18.3 Å². The number of pyridine rings is 1. The third kappa shape index (κ3) is 3.57. The van der Waals surface area contributed by atoms with Crippen LogP contribution in [0.15, 0.2) is 12.3 Å². The van der Waals surface area contributed by atoms with E-state index < -0.39 is 15.8 Å². The molecule has 0 spiro atoms. The molecule has 2 N–H and O–H groups in total. The van der Waals surface area contributed by atoms with E-state index in [4.69, 9.17) is 16.7 Å². The highest BCUT2D eigenvalue weighted by Gasteiger charge is 2.25. The summed E-state index contributed by atoms with van der Waals surface area (Å²) in [6.07, 6.45) is 2.51. The van der Waals surface area contributed by atoms with Gasteiger partial charge in [0.1, 0.15) is 5.82 Å². The number of rotatable bonds is 3. The average Bonchev–Trinajstić information content (AvgIpc) is 2.30. The summed E-state index contributed by atoms with van der Waals surface area (Å²) in [6.45, 7) is 0. The highest BCUT2D eigenvalue weighted by Crippen LogP contribution is 2.23. The largest absolute Gasteiger partial charge is 0.478 e. The smallest absolute Gasteiger partial charge is 0.337 e. The van der Waals surface area contributed by atoms with E-state index in [1.165, 1.54) is 12.3 Å². The molecule has 1 saturated heterocycles. The Morgan fingerprint density at radius 3 is 2.84 bits per heavy atom. The number of anilines is 1. The zero-order valence-corrected chi connectivity index (χ0v) is 11.5. The predicted molar refractivity (Wildman–Crippen MR) is 71.5 cm³/mol. The van der Waals surface area contributed by atoms with Gasteiger partial charge in [-0.05, 0) is 18.9 Å². The molecule has 0 bridgehead atoms. The van der Waals surface area contributed by atoms with E-state index in [1.807, 2.05) is 0 Å². The Bertz CT molecular complexity index is 603. The van der Waals surface area contributed by atoms with E-state index in [2.05, 4.69) is 10.3 Å². The summed E-state index contributed by atoms with van der Waals surface area (Å²) < 4.78 is 23.0. The molecule has 1 fully saturated rings. The molecule has 0 aliphatic carbocycles. The third-order valence-electron chi connectivity index (χ3n) is 2.89. The fourth-order valence-electron chi connectivity index (χ4n) is 1.99. The van der Waals surface area contributed by atoms with Gasteiger partial charge in [-0.3, -0.25) is 0 Å². The number of halogens is 1. The van der Waals surface area contributed by atoms with Gasteiger partial charge in [0.2, 0.25) is 0 Å².